The van der Waals surface area contributed by atoms with Crippen LogP contribution in [0.15, 0.2) is 18.2 Å². The normalized spacial score (nSPS) is 11.3. The summed E-state index contributed by atoms with van der Waals surface area (Å²) in [6, 6.07) is 2.95. The van der Waals surface area contributed by atoms with Crippen molar-refractivity contribution in [2.75, 3.05) is 6.61 Å². The van der Waals surface area contributed by atoms with Crippen molar-refractivity contribution < 1.29 is 32.5 Å². The zero-order chi connectivity index (χ0) is 17.3. The largest absolute Gasteiger partial charge is 0.573 e. The van der Waals surface area contributed by atoms with E-state index >= 15 is 0 Å². The van der Waals surface area contributed by atoms with E-state index in [2.05, 4.69) is 11.7 Å². The Labute approximate surface area is 133 Å². The van der Waals surface area contributed by atoms with E-state index in [0.29, 0.717) is 6.42 Å². The van der Waals surface area contributed by atoms with Crippen LogP contribution in [0.4, 0.5) is 13.2 Å². The number of hydrogen-bond donors (Lipinski definition) is 1. The molecule has 0 unspecified atom stereocenters. The quantitative estimate of drug-likeness (QED) is 0.610. The van der Waals surface area contributed by atoms with E-state index in [4.69, 9.17) is 9.84 Å². The molecule has 0 amide bonds. The molecule has 0 saturated heterocycles. The number of carboxylic acids is 1. The average Bonchev–Trinajstić information content (AvgIpc) is 2.44. The number of carbonyl (C=O) groups is 1. The van der Waals surface area contributed by atoms with Crippen LogP contribution in [0, 0.1) is 0 Å². The summed E-state index contributed by atoms with van der Waals surface area (Å²) in [6.45, 7) is 2.37. The number of unbranched alkanes of at least 4 members (excludes halogenated alkanes) is 5. The number of aromatic carboxylic acids is 1. The molecule has 0 atom stereocenters. The Bertz CT molecular complexity index is 501. The number of hydrogen-bond acceptors (Lipinski definition) is 3. The molecule has 0 aliphatic heterocycles. The molecule has 1 aromatic carbocycles. The molecule has 0 aliphatic carbocycles. The molecule has 0 aromatic heterocycles. The van der Waals surface area contributed by atoms with Crippen molar-refractivity contribution in [1.29, 1.82) is 0 Å². The second-order valence-electron chi connectivity index (χ2n) is 5.13. The third-order valence-corrected chi connectivity index (χ3v) is 3.17. The van der Waals surface area contributed by atoms with Gasteiger partial charge in [-0.05, 0) is 18.6 Å². The lowest BCUT2D eigenvalue weighted by Crippen LogP contribution is -2.17. The van der Waals surface area contributed by atoms with Crippen molar-refractivity contribution in [3.8, 4) is 11.5 Å². The lowest BCUT2D eigenvalue weighted by Gasteiger charge is -2.13. The van der Waals surface area contributed by atoms with Gasteiger partial charge >= 0.3 is 12.3 Å². The maximum atomic E-state index is 12.2. The van der Waals surface area contributed by atoms with Crippen LogP contribution in [0.25, 0.3) is 0 Å². The van der Waals surface area contributed by atoms with Crippen molar-refractivity contribution >= 4 is 5.97 Å². The van der Waals surface area contributed by atoms with Gasteiger partial charge in [0.1, 0.15) is 17.1 Å². The van der Waals surface area contributed by atoms with Crippen LogP contribution in [-0.2, 0) is 0 Å². The lowest BCUT2D eigenvalue weighted by molar-refractivity contribution is -0.274. The average molecular weight is 334 g/mol. The SMILES string of the molecule is CCCCCCCCOc1cc(OC(F)(F)F)ccc1C(=O)O. The Morgan fingerprint density at radius 1 is 1.13 bits per heavy atom. The topological polar surface area (TPSA) is 55.8 Å². The summed E-state index contributed by atoms with van der Waals surface area (Å²) in [5.74, 6) is -1.88. The van der Waals surface area contributed by atoms with Crippen LogP contribution >= 0.6 is 0 Å². The van der Waals surface area contributed by atoms with E-state index in [1.165, 1.54) is 6.42 Å². The van der Waals surface area contributed by atoms with Gasteiger partial charge in [-0.2, -0.15) is 0 Å². The van der Waals surface area contributed by atoms with Crippen LogP contribution < -0.4 is 9.47 Å². The maximum absolute atomic E-state index is 12.2. The molecule has 23 heavy (non-hydrogen) atoms. The first-order chi connectivity index (χ1) is 10.8. The van der Waals surface area contributed by atoms with E-state index < -0.39 is 18.1 Å². The van der Waals surface area contributed by atoms with Gasteiger partial charge < -0.3 is 14.6 Å². The summed E-state index contributed by atoms with van der Waals surface area (Å²) in [5.41, 5.74) is -0.189. The maximum Gasteiger partial charge on any atom is 0.573 e. The first kappa shape index (κ1) is 19.1. The highest BCUT2D eigenvalue weighted by atomic mass is 19.4. The summed E-state index contributed by atoms with van der Waals surface area (Å²) in [6.07, 6.45) is 1.31. The molecule has 0 bridgehead atoms. The van der Waals surface area contributed by atoms with Crippen molar-refractivity contribution in [3.63, 3.8) is 0 Å². The van der Waals surface area contributed by atoms with E-state index in [9.17, 15) is 18.0 Å². The summed E-state index contributed by atoms with van der Waals surface area (Å²) in [7, 11) is 0. The number of alkyl halides is 3. The van der Waals surface area contributed by atoms with Gasteiger partial charge in [-0.15, -0.1) is 13.2 Å². The highest BCUT2D eigenvalue weighted by molar-refractivity contribution is 5.91. The summed E-state index contributed by atoms with van der Waals surface area (Å²) in [4.78, 5) is 11.1. The number of carboxylic acid groups (broad SMARTS) is 1. The van der Waals surface area contributed by atoms with Gasteiger partial charge in [-0.3, -0.25) is 0 Å². The van der Waals surface area contributed by atoms with Crippen LogP contribution in [0.1, 0.15) is 55.8 Å². The molecule has 4 nitrogen and oxygen atoms in total. The Kier molecular flexibility index (Phi) is 7.71. The summed E-state index contributed by atoms with van der Waals surface area (Å²) in [5, 5.41) is 9.05. The number of benzene rings is 1. The van der Waals surface area contributed by atoms with E-state index in [1.807, 2.05) is 0 Å². The van der Waals surface area contributed by atoms with Crippen LogP contribution in [0.5, 0.6) is 11.5 Å². The first-order valence-corrected chi connectivity index (χ1v) is 7.59. The lowest BCUT2D eigenvalue weighted by atomic mass is 10.1. The molecule has 1 rings (SSSR count). The zero-order valence-electron chi connectivity index (χ0n) is 13.0. The van der Waals surface area contributed by atoms with E-state index in [-0.39, 0.29) is 17.9 Å². The minimum absolute atomic E-state index is 0.118. The number of halogens is 3. The molecule has 0 radical (unpaired) electrons. The van der Waals surface area contributed by atoms with Gasteiger partial charge in [0.05, 0.1) is 6.61 Å². The zero-order valence-corrected chi connectivity index (χ0v) is 13.0. The minimum Gasteiger partial charge on any atom is -0.493 e. The molecule has 130 valence electrons. The Morgan fingerprint density at radius 3 is 2.39 bits per heavy atom. The fourth-order valence-corrected chi connectivity index (χ4v) is 2.06. The van der Waals surface area contributed by atoms with Crippen molar-refractivity contribution in [2.24, 2.45) is 0 Å². The molecule has 0 saturated carbocycles. The van der Waals surface area contributed by atoms with E-state index in [0.717, 1.165) is 43.9 Å². The second kappa shape index (κ2) is 9.27. The van der Waals surface area contributed by atoms with Crippen LogP contribution in [0.2, 0.25) is 0 Å². The number of ether oxygens (including phenoxy) is 2. The highest BCUT2D eigenvalue weighted by Gasteiger charge is 2.31. The monoisotopic (exact) mass is 334 g/mol. The van der Waals surface area contributed by atoms with Gasteiger partial charge in [-0.1, -0.05) is 39.0 Å². The van der Waals surface area contributed by atoms with Crippen molar-refractivity contribution in [3.05, 3.63) is 23.8 Å². The molecule has 1 aromatic rings. The molecule has 0 spiro atoms. The summed E-state index contributed by atoms with van der Waals surface area (Å²) < 4.78 is 45.7. The molecular weight excluding hydrogens is 313 g/mol. The molecule has 0 fully saturated rings. The van der Waals surface area contributed by atoms with Crippen LogP contribution in [0.3, 0.4) is 0 Å². The Morgan fingerprint density at radius 2 is 1.78 bits per heavy atom. The highest BCUT2D eigenvalue weighted by Crippen LogP contribution is 2.29. The standard InChI is InChI=1S/C16H21F3O4/c1-2-3-4-5-6-7-10-22-14-11-12(23-16(17,18)19)8-9-13(14)15(20)21/h8-9,11H,2-7,10H2,1H3,(H,20,21). The van der Waals surface area contributed by atoms with E-state index in [1.54, 1.807) is 0 Å². The third kappa shape index (κ3) is 7.76. The third-order valence-electron chi connectivity index (χ3n) is 3.17. The van der Waals surface area contributed by atoms with Gasteiger partial charge in [0.25, 0.3) is 0 Å². The number of rotatable bonds is 10. The van der Waals surface area contributed by atoms with Gasteiger partial charge in [0, 0.05) is 6.07 Å². The van der Waals surface area contributed by atoms with Gasteiger partial charge in [-0.25, -0.2) is 4.79 Å². The van der Waals surface area contributed by atoms with Crippen LogP contribution in [-0.4, -0.2) is 24.0 Å². The first-order valence-electron chi connectivity index (χ1n) is 7.59. The molecule has 0 heterocycles. The molecule has 1 N–H and O–H groups in total. The van der Waals surface area contributed by atoms with Crippen molar-refractivity contribution in [1.82, 2.24) is 0 Å². The van der Waals surface area contributed by atoms with Crippen molar-refractivity contribution in [2.45, 2.75) is 51.8 Å². The molecule has 0 aliphatic rings. The predicted molar refractivity (Wildman–Crippen MR) is 79.0 cm³/mol. The smallest absolute Gasteiger partial charge is 0.493 e. The molecular formula is C16H21F3O4. The second-order valence-corrected chi connectivity index (χ2v) is 5.13. The fourth-order valence-electron chi connectivity index (χ4n) is 2.06. The fraction of sp³-hybridized carbons (Fsp3) is 0.562. The predicted octanol–water partition coefficient (Wildman–Crippen LogP) is 5.02. The minimum atomic E-state index is -4.83. The Balaban J connectivity index is 2.59. The van der Waals surface area contributed by atoms with Gasteiger partial charge in [0.15, 0.2) is 0 Å². The van der Waals surface area contributed by atoms with Gasteiger partial charge in [0.2, 0.25) is 0 Å². The summed E-state index contributed by atoms with van der Waals surface area (Å²) >= 11 is 0. The Hall–Kier alpha value is -1.92. The molecule has 7 heteroatoms.